The Bertz CT molecular complexity index is 938. The van der Waals surface area contributed by atoms with E-state index in [0.29, 0.717) is 24.3 Å². The molecule has 1 atom stereocenters. The van der Waals surface area contributed by atoms with E-state index in [2.05, 4.69) is 20.8 Å². The molecule has 1 aliphatic heterocycles. The van der Waals surface area contributed by atoms with Gasteiger partial charge in [-0.25, -0.2) is 4.98 Å². The number of rotatable bonds is 7. The van der Waals surface area contributed by atoms with Crippen LogP contribution in [0.25, 0.3) is 0 Å². The highest BCUT2D eigenvalue weighted by Gasteiger charge is 2.30. The normalized spacial score (nSPS) is 17.8. The van der Waals surface area contributed by atoms with E-state index < -0.39 is 0 Å². The lowest BCUT2D eigenvalue weighted by Crippen LogP contribution is -2.32. The summed E-state index contributed by atoms with van der Waals surface area (Å²) in [5.41, 5.74) is 2.23. The topological polar surface area (TPSA) is 102 Å². The second-order valence-corrected chi connectivity index (χ2v) is 7.10. The van der Waals surface area contributed by atoms with Gasteiger partial charge in [0.1, 0.15) is 17.7 Å². The molecule has 1 aromatic heterocycles. The maximum atomic E-state index is 12.4. The lowest BCUT2D eigenvalue weighted by atomic mass is 10.0. The third kappa shape index (κ3) is 4.71. The number of anilines is 1. The molecule has 150 valence electrons. The van der Waals surface area contributed by atoms with Crippen LogP contribution in [0.5, 0.6) is 5.75 Å². The number of amides is 2. The maximum Gasteiger partial charge on any atom is 0.251 e. The molecular weight excluding hydrogens is 372 g/mol. The summed E-state index contributed by atoms with van der Waals surface area (Å²) in [6.07, 6.45) is 3.70. The van der Waals surface area contributed by atoms with Gasteiger partial charge in [-0.1, -0.05) is 5.16 Å². The first-order valence-electron chi connectivity index (χ1n) is 9.54. The molecule has 0 saturated heterocycles. The zero-order valence-corrected chi connectivity index (χ0v) is 16.1. The van der Waals surface area contributed by atoms with E-state index in [1.165, 1.54) is 6.20 Å². The Hall–Kier alpha value is -3.42. The zero-order valence-electron chi connectivity index (χ0n) is 16.1. The number of benzene rings is 1. The first-order valence-corrected chi connectivity index (χ1v) is 9.54. The van der Waals surface area contributed by atoms with Crippen LogP contribution in [0, 0.1) is 5.92 Å². The molecule has 2 aliphatic rings. The standard InChI is InChI=1S/C21H22N4O4/c1-28-16-6-4-13(5-7-16)18-11-17(29-25-18)12-23-20(26)15-8-9-22-19(10-15)24-21(27)14-2-3-14/h4-10,14,17H,2-3,11-12H2,1H3,(H,23,26)(H,22,24,27). The highest BCUT2D eigenvalue weighted by Crippen LogP contribution is 2.30. The molecular formula is C21H22N4O4. The number of hydrogen-bond acceptors (Lipinski definition) is 6. The molecule has 0 spiro atoms. The van der Waals surface area contributed by atoms with E-state index in [1.807, 2.05) is 24.3 Å². The second-order valence-electron chi connectivity index (χ2n) is 7.10. The summed E-state index contributed by atoms with van der Waals surface area (Å²) in [6.45, 7) is 0.327. The summed E-state index contributed by atoms with van der Waals surface area (Å²) >= 11 is 0. The number of aromatic nitrogens is 1. The molecule has 1 fully saturated rings. The Kier molecular flexibility index (Phi) is 5.41. The molecule has 2 heterocycles. The van der Waals surface area contributed by atoms with Crippen LogP contribution in [-0.4, -0.2) is 42.3 Å². The molecule has 2 aromatic rings. The van der Waals surface area contributed by atoms with Crippen LogP contribution in [-0.2, 0) is 9.63 Å². The van der Waals surface area contributed by atoms with E-state index in [4.69, 9.17) is 9.57 Å². The SMILES string of the molecule is COc1ccc(C2=NOC(CNC(=O)c3ccnc(NC(=O)C4CC4)c3)C2)cc1. The average Bonchev–Trinajstić information content (AvgIpc) is 3.50. The van der Waals surface area contributed by atoms with Gasteiger partial charge in [0.2, 0.25) is 5.91 Å². The minimum absolute atomic E-state index is 0.0439. The highest BCUT2D eigenvalue weighted by atomic mass is 16.6. The van der Waals surface area contributed by atoms with Gasteiger partial charge in [-0.05, 0) is 54.8 Å². The predicted octanol–water partition coefficient (Wildman–Crippen LogP) is 2.36. The molecule has 1 unspecified atom stereocenters. The van der Waals surface area contributed by atoms with Crippen molar-refractivity contribution in [1.82, 2.24) is 10.3 Å². The van der Waals surface area contributed by atoms with E-state index >= 15 is 0 Å². The lowest BCUT2D eigenvalue weighted by Gasteiger charge is -2.11. The van der Waals surface area contributed by atoms with Gasteiger partial charge in [-0.15, -0.1) is 0 Å². The summed E-state index contributed by atoms with van der Waals surface area (Å²) in [6, 6.07) is 10.8. The number of hydrogen-bond donors (Lipinski definition) is 2. The van der Waals surface area contributed by atoms with Crippen LogP contribution < -0.4 is 15.4 Å². The van der Waals surface area contributed by atoms with Crippen LogP contribution >= 0.6 is 0 Å². The van der Waals surface area contributed by atoms with Crippen LogP contribution in [0.15, 0.2) is 47.8 Å². The monoisotopic (exact) mass is 394 g/mol. The van der Waals surface area contributed by atoms with Crippen molar-refractivity contribution in [2.45, 2.75) is 25.4 Å². The Labute approximate surface area is 168 Å². The van der Waals surface area contributed by atoms with E-state index in [0.717, 1.165) is 29.9 Å². The second kappa shape index (κ2) is 8.30. The van der Waals surface area contributed by atoms with Crippen LogP contribution in [0.2, 0.25) is 0 Å². The number of pyridine rings is 1. The number of ether oxygens (including phenoxy) is 1. The van der Waals surface area contributed by atoms with Crippen molar-refractivity contribution in [2.75, 3.05) is 19.0 Å². The molecule has 2 N–H and O–H groups in total. The van der Waals surface area contributed by atoms with E-state index in [1.54, 1.807) is 19.2 Å². The van der Waals surface area contributed by atoms with Crippen molar-refractivity contribution in [3.63, 3.8) is 0 Å². The van der Waals surface area contributed by atoms with Gasteiger partial charge in [0.05, 0.1) is 19.4 Å². The summed E-state index contributed by atoms with van der Waals surface area (Å²) in [4.78, 5) is 33.8. The minimum atomic E-state index is -0.254. The fourth-order valence-corrected chi connectivity index (χ4v) is 3.01. The Morgan fingerprint density at radius 3 is 2.72 bits per heavy atom. The molecule has 2 amide bonds. The third-order valence-corrected chi connectivity index (χ3v) is 4.87. The van der Waals surface area contributed by atoms with Gasteiger partial charge < -0.3 is 20.2 Å². The maximum absolute atomic E-state index is 12.4. The molecule has 0 bridgehead atoms. The fourth-order valence-electron chi connectivity index (χ4n) is 3.01. The van der Waals surface area contributed by atoms with Gasteiger partial charge in [0, 0.05) is 24.1 Å². The molecule has 8 heteroatoms. The molecule has 0 radical (unpaired) electrons. The Balaban J connectivity index is 1.28. The lowest BCUT2D eigenvalue weighted by molar-refractivity contribution is -0.117. The Morgan fingerprint density at radius 2 is 2.00 bits per heavy atom. The fraction of sp³-hybridized carbons (Fsp3) is 0.333. The summed E-state index contributed by atoms with van der Waals surface area (Å²) in [7, 11) is 1.62. The highest BCUT2D eigenvalue weighted by molar-refractivity contribution is 6.01. The van der Waals surface area contributed by atoms with Gasteiger partial charge in [-0.2, -0.15) is 0 Å². The van der Waals surface area contributed by atoms with Crippen molar-refractivity contribution >= 4 is 23.3 Å². The first-order chi connectivity index (χ1) is 14.1. The van der Waals surface area contributed by atoms with Gasteiger partial charge in [-0.3, -0.25) is 9.59 Å². The summed E-state index contributed by atoms with van der Waals surface area (Å²) in [5.74, 6) is 0.945. The first kappa shape index (κ1) is 18.9. The van der Waals surface area contributed by atoms with Crippen molar-refractivity contribution in [1.29, 1.82) is 0 Å². The molecule has 1 aromatic carbocycles. The summed E-state index contributed by atoms with van der Waals surface area (Å²) < 4.78 is 5.16. The van der Waals surface area contributed by atoms with Crippen LogP contribution in [0.4, 0.5) is 5.82 Å². The largest absolute Gasteiger partial charge is 0.497 e. The van der Waals surface area contributed by atoms with Crippen molar-refractivity contribution in [2.24, 2.45) is 11.1 Å². The van der Waals surface area contributed by atoms with Crippen molar-refractivity contribution in [3.8, 4) is 5.75 Å². The molecule has 4 rings (SSSR count). The van der Waals surface area contributed by atoms with Gasteiger partial charge in [0.25, 0.3) is 5.91 Å². The van der Waals surface area contributed by atoms with E-state index in [9.17, 15) is 9.59 Å². The number of carbonyl (C=O) groups excluding carboxylic acids is 2. The van der Waals surface area contributed by atoms with Crippen molar-refractivity contribution < 1.29 is 19.2 Å². The number of carbonyl (C=O) groups is 2. The average molecular weight is 394 g/mol. The third-order valence-electron chi connectivity index (χ3n) is 4.87. The van der Waals surface area contributed by atoms with Crippen LogP contribution in [0.3, 0.4) is 0 Å². The summed E-state index contributed by atoms with van der Waals surface area (Å²) in [5, 5.41) is 9.73. The molecule has 1 saturated carbocycles. The van der Waals surface area contributed by atoms with Gasteiger partial charge in [0.15, 0.2) is 0 Å². The zero-order chi connectivity index (χ0) is 20.2. The van der Waals surface area contributed by atoms with Gasteiger partial charge >= 0.3 is 0 Å². The number of oxime groups is 1. The van der Waals surface area contributed by atoms with Crippen LogP contribution in [0.1, 0.15) is 35.2 Å². The quantitative estimate of drug-likeness (QED) is 0.751. The Morgan fingerprint density at radius 1 is 1.21 bits per heavy atom. The predicted molar refractivity (Wildman–Crippen MR) is 107 cm³/mol. The molecule has 8 nitrogen and oxygen atoms in total. The smallest absolute Gasteiger partial charge is 0.251 e. The number of methoxy groups -OCH3 is 1. The molecule has 1 aliphatic carbocycles. The van der Waals surface area contributed by atoms with Crippen molar-refractivity contribution in [3.05, 3.63) is 53.7 Å². The number of nitrogens with one attached hydrogen (secondary N) is 2. The molecule has 29 heavy (non-hydrogen) atoms. The minimum Gasteiger partial charge on any atom is -0.497 e. The van der Waals surface area contributed by atoms with E-state index in [-0.39, 0.29) is 23.8 Å². The number of nitrogens with zero attached hydrogens (tertiary/aromatic N) is 2.